The first-order valence-corrected chi connectivity index (χ1v) is 11.1. The molecule has 0 aromatic heterocycles. The van der Waals surface area contributed by atoms with Gasteiger partial charge in [0.05, 0.1) is 17.2 Å². The first kappa shape index (κ1) is 23.4. The van der Waals surface area contributed by atoms with Crippen LogP contribution in [0.4, 0.5) is 5.69 Å². The molecule has 0 unspecified atom stereocenters. The minimum Gasteiger partial charge on any atom is -0.497 e. The topological polar surface area (TPSA) is 70.7 Å². The SMILES string of the molecule is COc1ccc(NC(=O)CCC(=O)NC2CCN(Cc3ccc(Cl)c(Cl)c3)CC2)cc1. The zero-order valence-electron chi connectivity index (χ0n) is 17.5. The highest BCUT2D eigenvalue weighted by atomic mass is 35.5. The third kappa shape index (κ3) is 7.42. The highest BCUT2D eigenvalue weighted by Gasteiger charge is 2.21. The minimum atomic E-state index is -0.184. The van der Waals surface area contributed by atoms with E-state index in [4.69, 9.17) is 27.9 Å². The fourth-order valence-electron chi connectivity index (χ4n) is 3.56. The van der Waals surface area contributed by atoms with Gasteiger partial charge in [-0.1, -0.05) is 29.3 Å². The largest absolute Gasteiger partial charge is 0.497 e. The Balaban J connectivity index is 1.34. The number of hydrogen-bond acceptors (Lipinski definition) is 4. The van der Waals surface area contributed by atoms with Crippen LogP contribution in [0.3, 0.4) is 0 Å². The molecule has 0 atom stereocenters. The number of amides is 2. The molecule has 0 aliphatic carbocycles. The van der Waals surface area contributed by atoms with Crippen LogP contribution in [0.2, 0.25) is 10.0 Å². The predicted molar refractivity (Wildman–Crippen MR) is 124 cm³/mol. The van der Waals surface area contributed by atoms with Crippen molar-refractivity contribution in [3.05, 3.63) is 58.1 Å². The first-order chi connectivity index (χ1) is 14.9. The van der Waals surface area contributed by atoms with Gasteiger partial charge in [0.1, 0.15) is 5.75 Å². The number of benzene rings is 2. The van der Waals surface area contributed by atoms with Gasteiger partial charge in [0.15, 0.2) is 0 Å². The summed E-state index contributed by atoms with van der Waals surface area (Å²) >= 11 is 12.1. The zero-order valence-corrected chi connectivity index (χ0v) is 19.0. The quantitative estimate of drug-likeness (QED) is 0.604. The summed E-state index contributed by atoms with van der Waals surface area (Å²) in [6, 6.07) is 12.9. The van der Waals surface area contributed by atoms with E-state index in [-0.39, 0.29) is 30.7 Å². The summed E-state index contributed by atoms with van der Waals surface area (Å²) in [7, 11) is 1.59. The molecule has 1 aliphatic rings. The third-order valence-corrected chi connectivity index (χ3v) is 6.03. The summed E-state index contributed by atoms with van der Waals surface area (Å²) < 4.78 is 5.09. The van der Waals surface area contributed by atoms with E-state index < -0.39 is 0 Å². The molecule has 2 N–H and O–H groups in total. The van der Waals surface area contributed by atoms with E-state index in [0.29, 0.717) is 15.7 Å². The number of nitrogens with one attached hydrogen (secondary N) is 2. The number of carbonyl (C=O) groups excluding carboxylic acids is 2. The molecule has 2 aromatic rings. The van der Waals surface area contributed by atoms with Gasteiger partial charge >= 0.3 is 0 Å². The number of halogens is 2. The molecule has 0 radical (unpaired) electrons. The first-order valence-electron chi connectivity index (χ1n) is 10.3. The summed E-state index contributed by atoms with van der Waals surface area (Å²) in [6.07, 6.45) is 2.08. The zero-order chi connectivity index (χ0) is 22.2. The lowest BCUT2D eigenvalue weighted by Gasteiger charge is -2.32. The number of piperidine rings is 1. The maximum Gasteiger partial charge on any atom is 0.224 e. The van der Waals surface area contributed by atoms with Gasteiger partial charge in [-0.3, -0.25) is 14.5 Å². The molecule has 6 nitrogen and oxygen atoms in total. The molecule has 0 saturated carbocycles. The van der Waals surface area contributed by atoms with E-state index in [9.17, 15) is 9.59 Å². The number of ether oxygens (including phenoxy) is 1. The normalized spacial score (nSPS) is 14.8. The van der Waals surface area contributed by atoms with E-state index >= 15 is 0 Å². The van der Waals surface area contributed by atoms with E-state index in [0.717, 1.165) is 43.8 Å². The summed E-state index contributed by atoms with van der Waals surface area (Å²) in [5.74, 6) is 0.449. The van der Waals surface area contributed by atoms with Crippen LogP contribution in [0.25, 0.3) is 0 Å². The molecular formula is C23H27Cl2N3O3. The lowest BCUT2D eigenvalue weighted by molar-refractivity contribution is -0.125. The molecule has 8 heteroatoms. The Labute approximate surface area is 192 Å². The lowest BCUT2D eigenvalue weighted by atomic mass is 10.0. The Kier molecular flexibility index (Phi) is 8.58. The third-order valence-electron chi connectivity index (χ3n) is 5.30. The van der Waals surface area contributed by atoms with Crippen molar-refractivity contribution in [1.29, 1.82) is 0 Å². The molecule has 1 fully saturated rings. The Bertz CT molecular complexity index is 897. The van der Waals surface area contributed by atoms with E-state index in [1.807, 2.05) is 18.2 Å². The average Bonchev–Trinajstić information content (AvgIpc) is 2.77. The van der Waals surface area contributed by atoms with Crippen molar-refractivity contribution in [1.82, 2.24) is 10.2 Å². The van der Waals surface area contributed by atoms with E-state index in [1.165, 1.54) is 0 Å². The van der Waals surface area contributed by atoms with Crippen LogP contribution < -0.4 is 15.4 Å². The van der Waals surface area contributed by atoms with Gasteiger partial charge < -0.3 is 15.4 Å². The molecule has 1 aliphatic heterocycles. The fourth-order valence-corrected chi connectivity index (χ4v) is 3.88. The molecular weight excluding hydrogens is 437 g/mol. The fraction of sp³-hybridized carbons (Fsp3) is 0.391. The van der Waals surface area contributed by atoms with Crippen LogP contribution in [0, 0.1) is 0 Å². The van der Waals surface area contributed by atoms with Gasteiger partial charge in [0.2, 0.25) is 11.8 Å². The van der Waals surface area contributed by atoms with Crippen LogP contribution in [0.5, 0.6) is 5.75 Å². The second-order valence-corrected chi connectivity index (χ2v) is 8.46. The Morgan fingerprint density at radius 2 is 1.68 bits per heavy atom. The van der Waals surface area contributed by atoms with Gasteiger partial charge in [0, 0.05) is 44.2 Å². The summed E-state index contributed by atoms with van der Waals surface area (Å²) in [5.41, 5.74) is 1.81. The van der Waals surface area contributed by atoms with Crippen molar-refractivity contribution >= 4 is 40.7 Å². The molecule has 0 spiro atoms. The second kappa shape index (κ2) is 11.4. The van der Waals surface area contributed by atoms with Crippen molar-refractivity contribution in [3.8, 4) is 5.75 Å². The smallest absolute Gasteiger partial charge is 0.224 e. The number of hydrogen-bond donors (Lipinski definition) is 2. The maximum atomic E-state index is 12.2. The van der Waals surface area contributed by atoms with Crippen molar-refractivity contribution in [3.63, 3.8) is 0 Å². The van der Waals surface area contributed by atoms with Crippen LogP contribution in [-0.4, -0.2) is 43.0 Å². The van der Waals surface area contributed by atoms with Gasteiger partial charge in [-0.05, 0) is 54.8 Å². The van der Waals surface area contributed by atoms with Crippen LogP contribution >= 0.6 is 23.2 Å². The molecule has 2 aromatic carbocycles. The number of carbonyl (C=O) groups is 2. The van der Waals surface area contributed by atoms with E-state index in [2.05, 4.69) is 15.5 Å². The van der Waals surface area contributed by atoms with Crippen LogP contribution in [0.1, 0.15) is 31.2 Å². The lowest BCUT2D eigenvalue weighted by Crippen LogP contribution is -2.44. The Morgan fingerprint density at radius 1 is 1.00 bits per heavy atom. The molecule has 2 amide bonds. The van der Waals surface area contributed by atoms with Crippen molar-refractivity contribution in [2.75, 3.05) is 25.5 Å². The Morgan fingerprint density at radius 3 is 2.32 bits per heavy atom. The number of nitrogens with zero attached hydrogens (tertiary/aromatic N) is 1. The highest BCUT2D eigenvalue weighted by Crippen LogP contribution is 2.24. The number of anilines is 1. The molecule has 31 heavy (non-hydrogen) atoms. The van der Waals surface area contributed by atoms with Gasteiger partial charge in [-0.25, -0.2) is 0 Å². The van der Waals surface area contributed by atoms with Gasteiger partial charge in [0.25, 0.3) is 0 Å². The number of methoxy groups -OCH3 is 1. The molecule has 1 saturated heterocycles. The van der Waals surface area contributed by atoms with Gasteiger partial charge in [-0.15, -0.1) is 0 Å². The second-order valence-electron chi connectivity index (χ2n) is 7.64. The maximum absolute atomic E-state index is 12.2. The Hall–Kier alpha value is -2.28. The molecule has 166 valence electrons. The van der Waals surface area contributed by atoms with Crippen LogP contribution in [0.15, 0.2) is 42.5 Å². The molecule has 0 bridgehead atoms. The monoisotopic (exact) mass is 463 g/mol. The number of likely N-dealkylation sites (tertiary alicyclic amines) is 1. The standard InChI is InChI=1S/C23H27Cl2N3O3/c1-31-19-5-3-17(4-6-19)26-22(29)8-9-23(30)27-18-10-12-28(13-11-18)15-16-2-7-20(24)21(25)14-16/h2-7,14,18H,8-13,15H2,1H3,(H,26,29)(H,27,30). The molecule has 1 heterocycles. The summed E-state index contributed by atoms with van der Waals surface area (Å²) in [6.45, 7) is 2.59. The predicted octanol–water partition coefficient (Wildman–Crippen LogP) is 4.50. The highest BCUT2D eigenvalue weighted by molar-refractivity contribution is 6.42. The van der Waals surface area contributed by atoms with E-state index in [1.54, 1.807) is 31.4 Å². The molecule has 3 rings (SSSR count). The van der Waals surface area contributed by atoms with Crippen molar-refractivity contribution in [2.24, 2.45) is 0 Å². The number of rotatable bonds is 8. The minimum absolute atomic E-state index is 0.0900. The van der Waals surface area contributed by atoms with Crippen LogP contribution in [-0.2, 0) is 16.1 Å². The van der Waals surface area contributed by atoms with Crippen molar-refractivity contribution < 1.29 is 14.3 Å². The van der Waals surface area contributed by atoms with Gasteiger partial charge in [-0.2, -0.15) is 0 Å². The van der Waals surface area contributed by atoms with Crippen molar-refractivity contribution in [2.45, 2.75) is 38.3 Å². The average molecular weight is 464 g/mol. The summed E-state index contributed by atoms with van der Waals surface area (Å²) in [5, 5.41) is 6.97. The summed E-state index contributed by atoms with van der Waals surface area (Å²) in [4.78, 5) is 26.7.